The maximum Gasteiger partial charge on any atom is 0.338 e. The van der Waals surface area contributed by atoms with Gasteiger partial charge in [-0.3, -0.25) is 0 Å². The Balaban J connectivity index is 3.13. The molecule has 0 radical (unpaired) electrons. The summed E-state index contributed by atoms with van der Waals surface area (Å²) in [6.07, 6.45) is 0. The van der Waals surface area contributed by atoms with Crippen LogP contribution in [0.4, 0.5) is 0 Å². The van der Waals surface area contributed by atoms with E-state index in [1.165, 1.54) is 6.07 Å². The minimum absolute atomic E-state index is 0.00562. The third-order valence-electron chi connectivity index (χ3n) is 1.32. The molecule has 1 heterocycles. The lowest BCUT2D eigenvalue weighted by Gasteiger charge is -2.03. The number of aromatic carboxylic acids is 1. The molecule has 13 heavy (non-hydrogen) atoms. The average Bonchev–Trinajstić information content (AvgIpc) is 2.03. The molecule has 1 aromatic heterocycles. The van der Waals surface area contributed by atoms with E-state index in [2.05, 4.69) is 36.8 Å². The normalized spacial score (nSPS) is 10.5. The van der Waals surface area contributed by atoms with Crippen LogP contribution in [0, 0.1) is 0 Å². The topological polar surface area (TPSA) is 50.2 Å². The Morgan fingerprint density at radius 3 is 2.54 bits per heavy atom. The van der Waals surface area contributed by atoms with E-state index in [9.17, 15) is 4.79 Å². The molecule has 0 atom stereocenters. The maximum absolute atomic E-state index is 10.6. The van der Waals surface area contributed by atoms with Crippen LogP contribution >= 0.6 is 43.5 Å². The highest BCUT2D eigenvalue weighted by Gasteiger charge is 2.12. The standard InChI is InChI=1S/C7H4Br2ClNO2/c8-5(9)4-2-1-3(7(12)13)6(10)11-4/h1-2,5H,(H,12,13). The Labute approximate surface area is 96.4 Å². The molecule has 0 spiro atoms. The molecule has 0 bridgehead atoms. The third kappa shape index (κ3) is 2.65. The first-order valence-electron chi connectivity index (χ1n) is 3.20. The number of aromatic nitrogens is 1. The van der Waals surface area contributed by atoms with Crippen molar-refractivity contribution < 1.29 is 9.90 Å². The zero-order valence-electron chi connectivity index (χ0n) is 6.17. The molecule has 0 aliphatic carbocycles. The summed E-state index contributed by atoms with van der Waals surface area (Å²) in [6, 6.07) is 3.01. The number of halogens is 3. The first kappa shape index (κ1) is 10.9. The Morgan fingerprint density at radius 1 is 1.54 bits per heavy atom. The lowest BCUT2D eigenvalue weighted by molar-refractivity contribution is 0.0696. The fourth-order valence-electron chi connectivity index (χ4n) is 0.729. The van der Waals surface area contributed by atoms with Crippen LogP contribution in [0.1, 0.15) is 19.8 Å². The van der Waals surface area contributed by atoms with Crippen LogP contribution in [0.3, 0.4) is 0 Å². The Kier molecular flexibility index (Phi) is 3.70. The summed E-state index contributed by atoms with van der Waals surface area (Å²) >= 11 is 12.1. The molecule has 0 saturated heterocycles. The summed E-state index contributed by atoms with van der Waals surface area (Å²) in [4.78, 5) is 14.4. The molecular formula is C7H4Br2ClNO2. The monoisotopic (exact) mass is 327 g/mol. The summed E-state index contributed by atoms with van der Waals surface area (Å²) in [5.74, 6) is -1.08. The van der Waals surface area contributed by atoms with E-state index >= 15 is 0 Å². The van der Waals surface area contributed by atoms with Gasteiger partial charge in [-0.15, -0.1) is 0 Å². The van der Waals surface area contributed by atoms with Crippen LogP contribution in [-0.4, -0.2) is 16.1 Å². The number of carboxylic acids is 1. The highest BCUT2D eigenvalue weighted by molar-refractivity contribution is 9.24. The van der Waals surface area contributed by atoms with Crippen molar-refractivity contribution in [3.05, 3.63) is 28.5 Å². The van der Waals surface area contributed by atoms with Crippen molar-refractivity contribution in [2.24, 2.45) is 0 Å². The van der Waals surface area contributed by atoms with Crippen molar-refractivity contribution in [1.29, 1.82) is 0 Å². The van der Waals surface area contributed by atoms with E-state index in [-0.39, 0.29) is 14.5 Å². The van der Waals surface area contributed by atoms with Gasteiger partial charge in [-0.25, -0.2) is 9.78 Å². The van der Waals surface area contributed by atoms with Gasteiger partial charge in [-0.1, -0.05) is 43.5 Å². The predicted molar refractivity (Wildman–Crippen MR) is 56.8 cm³/mol. The third-order valence-corrected chi connectivity index (χ3v) is 2.55. The van der Waals surface area contributed by atoms with Crippen molar-refractivity contribution in [2.45, 2.75) is 3.74 Å². The molecule has 0 saturated carbocycles. The Hall–Kier alpha value is -0.130. The van der Waals surface area contributed by atoms with Crippen LogP contribution < -0.4 is 0 Å². The fraction of sp³-hybridized carbons (Fsp3) is 0.143. The summed E-state index contributed by atoms with van der Waals surface area (Å²) < 4.78 is -0.125. The average molecular weight is 329 g/mol. The largest absolute Gasteiger partial charge is 0.478 e. The van der Waals surface area contributed by atoms with Gasteiger partial charge in [0.15, 0.2) is 0 Å². The van der Waals surface area contributed by atoms with Crippen LogP contribution in [0.25, 0.3) is 0 Å². The second-order valence-corrected chi connectivity index (χ2v) is 5.60. The van der Waals surface area contributed by atoms with Crippen LogP contribution in [0.15, 0.2) is 12.1 Å². The molecule has 70 valence electrons. The highest BCUT2D eigenvalue weighted by atomic mass is 79.9. The van der Waals surface area contributed by atoms with Crippen molar-refractivity contribution in [1.82, 2.24) is 4.98 Å². The first-order valence-corrected chi connectivity index (χ1v) is 5.41. The number of alkyl halides is 2. The molecule has 6 heteroatoms. The number of hydrogen-bond acceptors (Lipinski definition) is 2. The van der Waals surface area contributed by atoms with Crippen molar-refractivity contribution in [2.75, 3.05) is 0 Å². The predicted octanol–water partition coefficient (Wildman–Crippen LogP) is 3.22. The zero-order valence-corrected chi connectivity index (χ0v) is 10.1. The zero-order chi connectivity index (χ0) is 10.0. The number of rotatable bonds is 2. The molecule has 1 N–H and O–H groups in total. The molecule has 0 aliphatic rings. The minimum atomic E-state index is -1.08. The van der Waals surface area contributed by atoms with E-state index < -0.39 is 5.97 Å². The fourth-order valence-corrected chi connectivity index (χ4v) is 1.48. The second kappa shape index (κ2) is 4.39. The van der Waals surface area contributed by atoms with Crippen LogP contribution in [-0.2, 0) is 0 Å². The maximum atomic E-state index is 10.6. The second-order valence-electron chi connectivity index (χ2n) is 2.18. The van der Waals surface area contributed by atoms with Crippen molar-refractivity contribution in [3.8, 4) is 0 Å². The lowest BCUT2D eigenvalue weighted by Crippen LogP contribution is -2.00. The molecule has 1 aromatic rings. The van der Waals surface area contributed by atoms with E-state index in [0.717, 1.165) is 0 Å². The number of pyridine rings is 1. The lowest BCUT2D eigenvalue weighted by atomic mass is 10.2. The van der Waals surface area contributed by atoms with Gasteiger partial charge in [0.2, 0.25) is 0 Å². The number of nitrogens with zero attached hydrogens (tertiary/aromatic N) is 1. The van der Waals surface area contributed by atoms with Gasteiger partial charge in [0.25, 0.3) is 0 Å². The quantitative estimate of drug-likeness (QED) is 0.669. The molecule has 0 aliphatic heterocycles. The SMILES string of the molecule is O=C(O)c1ccc(C(Br)Br)nc1Cl. The summed E-state index contributed by atoms with van der Waals surface area (Å²) in [5.41, 5.74) is 0.640. The van der Waals surface area contributed by atoms with Gasteiger partial charge in [0.1, 0.15) is 8.89 Å². The molecule has 3 nitrogen and oxygen atoms in total. The minimum Gasteiger partial charge on any atom is -0.478 e. The Morgan fingerprint density at radius 2 is 2.15 bits per heavy atom. The highest BCUT2D eigenvalue weighted by Crippen LogP contribution is 2.29. The molecule has 1 rings (SSSR count). The van der Waals surface area contributed by atoms with Gasteiger partial charge in [-0.2, -0.15) is 0 Å². The van der Waals surface area contributed by atoms with E-state index in [1.807, 2.05) is 0 Å². The molecule has 0 unspecified atom stereocenters. The van der Waals surface area contributed by atoms with Gasteiger partial charge < -0.3 is 5.11 Å². The summed E-state index contributed by atoms with van der Waals surface area (Å²) in [6.45, 7) is 0. The molecule has 0 fully saturated rings. The first-order chi connectivity index (χ1) is 6.02. The van der Waals surface area contributed by atoms with Gasteiger partial charge in [0, 0.05) is 0 Å². The van der Waals surface area contributed by atoms with Gasteiger partial charge >= 0.3 is 5.97 Å². The smallest absolute Gasteiger partial charge is 0.338 e. The van der Waals surface area contributed by atoms with E-state index in [4.69, 9.17) is 16.7 Å². The van der Waals surface area contributed by atoms with Gasteiger partial charge in [-0.05, 0) is 12.1 Å². The van der Waals surface area contributed by atoms with Crippen molar-refractivity contribution in [3.63, 3.8) is 0 Å². The van der Waals surface area contributed by atoms with Crippen LogP contribution in [0.5, 0.6) is 0 Å². The summed E-state index contributed by atoms with van der Waals surface area (Å²) in [7, 11) is 0. The number of carboxylic acid groups (broad SMARTS) is 1. The molecule has 0 aromatic carbocycles. The molecule has 0 amide bonds. The van der Waals surface area contributed by atoms with Crippen LogP contribution in [0.2, 0.25) is 5.15 Å². The molecular weight excluding hydrogens is 325 g/mol. The van der Waals surface area contributed by atoms with Crippen molar-refractivity contribution >= 4 is 49.4 Å². The van der Waals surface area contributed by atoms with E-state index in [0.29, 0.717) is 5.69 Å². The van der Waals surface area contributed by atoms with Gasteiger partial charge in [0.05, 0.1) is 11.3 Å². The number of carbonyl (C=O) groups is 1. The number of hydrogen-bond donors (Lipinski definition) is 1. The summed E-state index contributed by atoms with van der Waals surface area (Å²) in [5, 5.41) is 8.64. The Bertz CT molecular complexity index is 343. The van der Waals surface area contributed by atoms with E-state index in [1.54, 1.807) is 6.07 Å².